The lowest BCUT2D eigenvalue weighted by Crippen LogP contribution is -2.15. The number of fused-ring (bicyclic) bond motifs is 2. The summed E-state index contributed by atoms with van der Waals surface area (Å²) in [4.78, 5) is 12.3. The van der Waals surface area contributed by atoms with Crippen molar-refractivity contribution < 1.29 is 19.0 Å². The molecule has 0 aromatic heterocycles. The lowest BCUT2D eigenvalue weighted by Gasteiger charge is -2.21. The van der Waals surface area contributed by atoms with Gasteiger partial charge in [-0.25, -0.2) is 0 Å². The molecule has 0 N–H and O–H groups in total. The molecule has 4 nitrogen and oxygen atoms in total. The molecular formula is C21H21ClO4. The third kappa shape index (κ3) is 3.87. The maximum absolute atomic E-state index is 12.3. The van der Waals surface area contributed by atoms with Crippen LogP contribution in [0.1, 0.15) is 40.7 Å². The molecule has 26 heavy (non-hydrogen) atoms. The van der Waals surface area contributed by atoms with Gasteiger partial charge in [0.1, 0.15) is 12.4 Å². The molecule has 1 aliphatic carbocycles. The molecule has 0 atom stereocenters. The van der Waals surface area contributed by atoms with Gasteiger partial charge in [-0.1, -0.05) is 29.8 Å². The van der Waals surface area contributed by atoms with Crippen LogP contribution in [0.4, 0.5) is 0 Å². The van der Waals surface area contributed by atoms with Crippen molar-refractivity contribution >= 4 is 17.6 Å². The molecule has 0 amide bonds. The van der Waals surface area contributed by atoms with Crippen LogP contribution in [0, 0.1) is 0 Å². The van der Waals surface area contributed by atoms with E-state index >= 15 is 0 Å². The van der Waals surface area contributed by atoms with Crippen molar-refractivity contribution in [1.82, 2.24) is 0 Å². The molecule has 1 heterocycles. The fraction of sp³-hybridized carbons (Fsp3) is 0.381. The van der Waals surface area contributed by atoms with Gasteiger partial charge in [-0.2, -0.15) is 0 Å². The normalized spacial score (nSPS) is 15.6. The molecule has 2 aromatic rings. The summed E-state index contributed by atoms with van der Waals surface area (Å²) < 4.78 is 16.3. The molecule has 2 aliphatic rings. The molecule has 136 valence electrons. The second-order valence-electron chi connectivity index (χ2n) is 6.81. The van der Waals surface area contributed by atoms with Crippen LogP contribution in [0.3, 0.4) is 0 Å². The third-order valence-corrected chi connectivity index (χ3v) is 5.12. The first-order chi connectivity index (χ1) is 12.7. The van der Waals surface area contributed by atoms with Crippen molar-refractivity contribution in [2.75, 3.05) is 6.79 Å². The first-order valence-electron chi connectivity index (χ1n) is 8.97. The number of aryl methyl sites for hydroxylation is 2. The minimum atomic E-state index is -0.249. The molecule has 0 unspecified atom stereocenters. The standard InChI is InChI=1S/C21H21ClO4/c22-19-9-17-11-24-13-26-21(17)18(10-19)12-25-20(23)8-14-5-6-15-3-1-2-4-16(15)7-14/h5-7,9-10H,1-4,8,11-13H2. The molecule has 0 spiro atoms. The largest absolute Gasteiger partial charge is 0.467 e. The summed E-state index contributed by atoms with van der Waals surface area (Å²) >= 11 is 6.14. The molecule has 4 rings (SSSR count). The maximum atomic E-state index is 12.3. The quantitative estimate of drug-likeness (QED) is 0.747. The highest BCUT2D eigenvalue weighted by Crippen LogP contribution is 2.32. The van der Waals surface area contributed by atoms with E-state index in [9.17, 15) is 4.79 Å². The SMILES string of the molecule is O=C(Cc1ccc2c(c1)CCCC2)OCc1cc(Cl)cc2c1OCOC2. The Morgan fingerprint density at radius 1 is 1.08 bits per heavy atom. The molecule has 0 radical (unpaired) electrons. The molecule has 0 bridgehead atoms. The zero-order valence-corrected chi connectivity index (χ0v) is 15.3. The molecule has 2 aromatic carbocycles. The minimum absolute atomic E-state index is 0.146. The van der Waals surface area contributed by atoms with Crippen LogP contribution < -0.4 is 4.74 Å². The Kier molecular flexibility index (Phi) is 5.14. The molecule has 5 heteroatoms. The highest BCUT2D eigenvalue weighted by molar-refractivity contribution is 6.30. The Balaban J connectivity index is 1.41. The van der Waals surface area contributed by atoms with Crippen molar-refractivity contribution in [3.05, 3.63) is 63.2 Å². The van der Waals surface area contributed by atoms with Crippen molar-refractivity contribution in [2.24, 2.45) is 0 Å². The van der Waals surface area contributed by atoms with Gasteiger partial charge in [0.05, 0.1) is 13.0 Å². The highest BCUT2D eigenvalue weighted by Gasteiger charge is 2.18. The number of carbonyl (C=O) groups is 1. The maximum Gasteiger partial charge on any atom is 0.310 e. The molecule has 1 aliphatic heterocycles. The van der Waals surface area contributed by atoms with Crippen molar-refractivity contribution in [3.8, 4) is 5.75 Å². The zero-order chi connectivity index (χ0) is 17.9. The zero-order valence-electron chi connectivity index (χ0n) is 14.6. The van der Waals surface area contributed by atoms with Crippen LogP contribution in [-0.4, -0.2) is 12.8 Å². The lowest BCUT2D eigenvalue weighted by molar-refractivity contribution is -0.144. The monoisotopic (exact) mass is 372 g/mol. The Bertz CT molecular complexity index is 831. The number of ether oxygens (including phenoxy) is 3. The number of esters is 1. The second-order valence-corrected chi connectivity index (χ2v) is 7.25. The van der Waals surface area contributed by atoms with Gasteiger partial charge in [0, 0.05) is 16.1 Å². The van der Waals surface area contributed by atoms with E-state index < -0.39 is 0 Å². The predicted octanol–water partition coefficient (Wildman–Crippen LogP) is 4.37. The minimum Gasteiger partial charge on any atom is -0.467 e. The van der Waals surface area contributed by atoms with Gasteiger partial charge in [-0.3, -0.25) is 4.79 Å². The average molecular weight is 373 g/mol. The predicted molar refractivity (Wildman–Crippen MR) is 98.3 cm³/mol. The van der Waals surface area contributed by atoms with Crippen LogP contribution in [-0.2, 0) is 46.7 Å². The van der Waals surface area contributed by atoms with E-state index in [1.54, 1.807) is 6.07 Å². The molecule has 0 fully saturated rings. The van der Waals surface area contributed by atoms with Crippen LogP contribution in [0.25, 0.3) is 0 Å². The van der Waals surface area contributed by atoms with Gasteiger partial charge in [0.25, 0.3) is 0 Å². The van der Waals surface area contributed by atoms with Crippen molar-refractivity contribution in [1.29, 1.82) is 0 Å². The van der Waals surface area contributed by atoms with Gasteiger partial charge >= 0.3 is 5.97 Å². The average Bonchev–Trinajstić information content (AvgIpc) is 2.66. The molecule has 0 saturated heterocycles. The van der Waals surface area contributed by atoms with Crippen LogP contribution in [0.5, 0.6) is 5.75 Å². The Morgan fingerprint density at radius 2 is 1.92 bits per heavy atom. The topological polar surface area (TPSA) is 44.8 Å². The number of rotatable bonds is 4. The molecule has 0 saturated carbocycles. The van der Waals surface area contributed by atoms with Gasteiger partial charge in [-0.05, 0) is 54.5 Å². The van der Waals surface area contributed by atoms with Crippen LogP contribution >= 0.6 is 11.6 Å². The number of halogens is 1. The van der Waals surface area contributed by atoms with Crippen molar-refractivity contribution in [2.45, 2.75) is 45.3 Å². The Hall–Kier alpha value is -2.04. The summed E-state index contributed by atoms with van der Waals surface area (Å²) in [6, 6.07) is 9.93. The van der Waals surface area contributed by atoms with E-state index in [1.807, 2.05) is 12.1 Å². The summed E-state index contributed by atoms with van der Waals surface area (Å²) in [6.07, 6.45) is 5.01. The lowest BCUT2D eigenvalue weighted by atomic mass is 9.90. The Labute approximate surface area is 158 Å². The number of benzene rings is 2. The second kappa shape index (κ2) is 7.68. The number of carbonyl (C=O) groups excluding carboxylic acids is 1. The van der Waals surface area contributed by atoms with E-state index in [-0.39, 0.29) is 25.8 Å². The van der Waals surface area contributed by atoms with Crippen LogP contribution in [0.15, 0.2) is 30.3 Å². The first-order valence-corrected chi connectivity index (χ1v) is 9.35. The van der Waals surface area contributed by atoms with E-state index in [2.05, 4.69) is 12.1 Å². The fourth-order valence-corrected chi connectivity index (χ4v) is 3.90. The number of hydrogen-bond donors (Lipinski definition) is 0. The van der Waals surface area contributed by atoms with Gasteiger partial charge < -0.3 is 14.2 Å². The summed E-state index contributed by atoms with van der Waals surface area (Å²) in [5, 5.41) is 0.582. The Morgan fingerprint density at radius 3 is 2.81 bits per heavy atom. The fourth-order valence-electron chi connectivity index (χ4n) is 3.64. The van der Waals surface area contributed by atoms with Crippen molar-refractivity contribution in [3.63, 3.8) is 0 Å². The van der Waals surface area contributed by atoms with E-state index in [0.29, 0.717) is 17.4 Å². The summed E-state index contributed by atoms with van der Waals surface area (Å²) in [5.41, 5.74) is 5.45. The highest BCUT2D eigenvalue weighted by atomic mass is 35.5. The van der Waals surface area contributed by atoms with E-state index in [4.69, 9.17) is 25.8 Å². The summed E-state index contributed by atoms with van der Waals surface area (Å²) in [5.74, 6) is 0.462. The van der Waals surface area contributed by atoms with E-state index in [1.165, 1.54) is 24.0 Å². The first kappa shape index (κ1) is 17.4. The summed E-state index contributed by atoms with van der Waals surface area (Å²) in [7, 11) is 0. The molecular weight excluding hydrogens is 352 g/mol. The summed E-state index contributed by atoms with van der Waals surface area (Å²) in [6.45, 7) is 0.795. The third-order valence-electron chi connectivity index (χ3n) is 4.90. The van der Waals surface area contributed by atoms with E-state index in [0.717, 1.165) is 29.5 Å². The number of hydrogen-bond acceptors (Lipinski definition) is 4. The van der Waals surface area contributed by atoms with Gasteiger partial charge in [0.2, 0.25) is 0 Å². The van der Waals surface area contributed by atoms with Gasteiger partial charge in [-0.15, -0.1) is 0 Å². The smallest absolute Gasteiger partial charge is 0.310 e. The van der Waals surface area contributed by atoms with Gasteiger partial charge in [0.15, 0.2) is 6.79 Å². The van der Waals surface area contributed by atoms with Crippen LogP contribution in [0.2, 0.25) is 5.02 Å².